The number of piperidine rings is 1. The van der Waals surface area contributed by atoms with E-state index in [0.29, 0.717) is 6.04 Å². The highest BCUT2D eigenvalue weighted by Crippen LogP contribution is 2.33. The number of nitrogens with zero attached hydrogens (tertiary/aromatic N) is 3. The van der Waals surface area contributed by atoms with Crippen LogP contribution in [0.3, 0.4) is 0 Å². The van der Waals surface area contributed by atoms with Crippen LogP contribution in [0, 0.1) is 0 Å². The summed E-state index contributed by atoms with van der Waals surface area (Å²) < 4.78 is 5.50. The summed E-state index contributed by atoms with van der Waals surface area (Å²) in [5, 5.41) is 37.6. The Morgan fingerprint density at radius 2 is 1.48 bits per heavy atom. The van der Waals surface area contributed by atoms with Gasteiger partial charge in [0.2, 0.25) is 0 Å². The van der Waals surface area contributed by atoms with Gasteiger partial charge in [-0.1, -0.05) is 18.2 Å². The van der Waals surface area contributed by atoms with Crippen LogP contribution >= 0.6 is 0 Å². The molecule has 0 spiro atoms. The van der Waals surface area contributed by atoms with Gasteiger partial charge in [0.05, 0.1) is 26.1 Å². The number of anilines is 1. The van der Waals surface area contributed by atoms with Crippen molar-refractivity contribution in [3.8, 4) is 0 Å². The Kier molecular flexibility index (Phi) is 11.8. The highest BCUT2D eigenvalue weighted by atomic mass is 16.5. The highest BCUT2D eigenvalue weighted by Gasteiger charge is 2.41. The molecule has 0 saturated carbocycles. The van der Waals surface area contributed by atoms with E-state index in [1.165, 1.54) is 16.8 Å². The van der Waals surface area contributed by atoms with Gasteiger partial charge in [0.1, 0.15) is 0 Å². The van der Waals surface area contributed by atoms with Crippen LogP contribution in [0.15, 0.2) is 48.8 Å². The van der Waals surface area contributed by atoms with Crippen molar-refractivity contribution in [2.24, 2.45) is 0 Å². The largest absolute Gasteiger partial charge is 0.481 e. The SMILES string of the molecule is CC1(C)CC(N(Cc2ccc(N3CCOCC3)cc2)Cc2cccnc2)CC(C)(C)N1.O=C(O)CC(O)(CC(=O)O)C(=O)O. The lowest BCUT2D eigenvalue weighted by atomic mass is 9.79. The first kappa shape index (κ1) is 34.9. The fraction of sp³-hybridized carbons (Fsp3) is 0.562. The minimum absolute atomic E-state index is 0.125. The van der Waals surface area contributed by atoms with Crippen LogP contribution in [0.2, 0.25) is 0 Å². The van der Waals surface area contributed by atoms with Crippen molar-refractivity contribution in [2.75, 3.05) is 31.2 Å². The first-order valence-electron chi connectivity index (χ1n) is 14.8. The summed E-state index contributed by atoms with van der Waals surface area (Å²) in [6.07, 6.45) is 3.86. The van der Waals surface area contributed by atoms with Crippen LogP contribution in [-0.4, -0.2) is 97.2 Å². The van der Waals surface area contributed by atoms with Crippen LogP contribution in [0.5, 0.6) is 0 Å². The predicted octanol–water partition coefficient (Wildman–Crippen LogP) is 2.98. The summed E-state index contributed by atoms with van der Waals surface area (Å²) in [5.74, 6) is -5.02. The third-order valence-electron chi connectivity index (χ3n) is 7.78. The fourth-order valence-electron chi connectivity index (χ4n) is 6.15. The predicted molar refractivity (Wildman–Crippen MR) is 164 cm³/mol. The summed E-state index contributed by atoms with van der Waals surface area (Å²) in [6.45, 7) is 14.8. The molecule has 1 aromatic carbocycles. The zero-order valence-corrected chi connectivity index (χ0v) is 26.0. The van der Waals surface area contributed by atoms with E-state index in [9.17, 15) is 14.4 Å². The van der Waals surface area contributed by atoms with E-state index in [1.54, 1.807) is 0 Å². The lowest BCUT2D eigenvalue weighted by Crippen LogP contribution is -2.62. The van der Waals surface area contributed by atoms with Gasteiger partial charge in [-0.3, -0.25) is 19.5 Å². The molecule has 5 N–H and O–H groups in total. The van der Waals surface area contributed by atoms with Crippen molar-refractivity contribution in [1.29, 1.82) is 0 Å². The van der Waals surface area contributed by atoms with Crippen molar-refractivity contribution in [2.45, 2.75) is 89.2 Å². The quantitative estimate of drug-likeness (QED) is 0.251. The van der Waals surface area contributed by atoms with E-state index in [0.717, 1.165) is 52.2 Å². The molecule has 1 aromatic heterocycles. The Bertz CT molecular complexity index is 1210. The third kappa shape index (κ3) is 10.8. The van der Waals surface area contributed by atoms with Gasteiger partial charge in [-0.15, -0.1) is 0 Å². The Morgan fingerprint density at radius 3 is 1.95 bits per heavy atom. The van der Waals surface area contributed by atoms with E-state index in [2.05, 4.69) is 78.1 Å². The molecule has 0 radical (unpaired) electrons. The molecule has 12 heteroatoms. The minimum Gasteiger partial charge on any atom is -0.481 e. The van der Waals surface area contributed by atoms with Gasteiger partial charge in [0, 0.05) is 61.4 Å². The molecule has 0 amide bonds. The summed E-state index contributed by atoms with van der Waals surface area (Å²) in [7, 11) is 0. The standard InChI is InChI=1S/C26H38N4O.C6H8O7/c1-25(2)16-24(17-26(3,4)28-25)30(20-22-6-5-11-27-18-22)19-21-7-9-23(10-8-21)29-12-14-31-15-13-29;7-3(8)1-6(13,5(11)12)2-4(9)10/h5-11,18,24,28H,12-17,19-20H2,1-4H3;13H,1-2H2,(H,7,8)(H,9,10)(H,11,12). The molecule has 4 rings (SSSR count). The molecule has 242 valence electrons. The number of carboxylic acid groups (broad SMARTS) is 3. The van der Waals surface area contributed by atoms with Crippen LogP contribution < -0.4 is 10.2 Å². The molecule has 0 bridgehead atoms. The van der Waals surface area contributed by atoms with Gasteiger partial charge >= 0.3 is 17.9 Å². The Labute approximate surface area is 258 Å². The molecule has 3 heterocycles. The second kappa shape index (κ2) is 14.9. The highest BCUT2D eigenvalue weighted by molar-refractivity contribution is 5.88. The van der Waals surface area contributed by atoms with Gasteiger partial charge in [-0.25, -0.2) is 4.79 Å². The van der Waals surface area contributed by atoms with Crippen LogP contribution in [0.1, 0.15) is 64.5 Å². The van der Waals surface area contributed by atoms with Crippen molar-refractivity contribution in [3.05, 3.63) is 59.9 Å². The summed E-state index contributed by atoms with van der Waals surface area (Å²) in [5.41, 5.74) is 1.46. The summed E-state index contributed by atoms with van der Waals surface area (Å²) in [4.78, 5) is 39.9. The fourth-order valence-corrected chi connectivity index (χ4v) is 6.15. The van der Waals surface area contributed by atoms with Crippen molar-refractivity contribution >= 4 is 23.6 Å². The lowest BCUT2D eigenvalue weighted by molar-refractivity contribution is -0.170. The number of ether oxygens (including phenoxy) is 1. The van der Waals surface area contributed by atoms with Gasteiger partial charge in [0.25, 0.3) is 0 Å². The molecule has 12 nitrogen and oxygen atoms in total. The average Bonchev–Trinajstić information content (AvgIpc) is 2.92. The number of rotatable bonds is 11. The molecule has 44 heavy (non-hydrogen) atoms. The molecular formula is C32H46N4O8. The van der Waals surface area contributed by atoms with Gasteiger partial charge < -0.3 is 35.4 Å². The number of aromatic nitrogens is 1. The Balaban J connectivity index is 0.000000345. The van der Waals surface area contributed by atoms with Crippen LogP contribution in [0.25, 0.3) is 0 Å². The monoisotopic (exact) mass is 614 g/mol. The zero-order chi connectivity index (χ0) is 32.5. The topological polar surface area (TPSA) is 173 Å². The molecular weight excluding hydrogens is 568 g/mol. The normalized spacial score (nSPS) is 18.3. The van der Waals surface area contributed by atoms with Crippen molar-refractivity contribution in [1.82, 2.24) is 15.2 Å². The number of carbonyl (C=O) groups is 3. The number of aliphatic carboxylic acids is 3. The number of hydrogen-bond acceptors (Lipinski definition) is 9. The lowest BCUT2D eigenvalue weighted by Gasteiger charge is -2.49. The maximum Gasteiger partial charge on any atom is 0.336 e. The second-order valence-corrected chi connectivity index (χ2v) is 13.0. The van der Waals surface area contributed by atoms with Crippen LogP contribution in [-0.2, 0) is 32.2 Å². The number of carboxylic acids is 3. The molecule has 2 aliphatic rings. The first-order valence-corrected chi connectivity index (χ1v) is 14.8. The average molecular weight is 615 g/mol. The van der Waals surface area contributed by atoms with E-state index in [1.807, 2.05) is 18.5 Å². The van der Waals surface area contributed by atoms with Crippen molar-refractivity contribution < 1.29 is 39.5 Å². The van der Waals surface area contributed by atoms with E-state index >= 15 is 0 Å². The van der Waals surface area contributed by atoms with E-state index in [-0.39, 0.29) is 11.1 Å². The number of benzene rings is 1. The minimum atomic E-state index is -2.74. The van der Waals surface area contributed by atoms with Crippen LogP contribution in [0.4, 0.5) is 5.69 Å². The number of morpholine rings is 1. The summed E-state index contributed by atoms with van der Waals surface area (Å²) >= 11 is 0. The van der Waals surface area contributed by atoms with E-state index < -0.39 is 36.4 Å². The number of hydrogen-bond donors (Lipinski definition) is 5. The van der Waals surface area contributed by atoms with E-state index in [4.69, 9.17) is 25.2 Å². The van der Waals surface area contributed by atoms with Crippen molar-refractivity contribution in [3.63, 3.8) is 0 Å². The molecule has 2 aliphatic heterocycles. The number of pyridine rings is 1. The smallest absolute Gasteiger partial charge is 0.336 e. The molecule has 2 saturated heterocycles. The Morgan fingerprint density at radius 1 is 0.932 bits per heavy atom. The Hall–Kier alpha value is -3.58. The maximum atomic E-state index is 10.3. The molecule has 0 aliphatic carbocycles. The molecule has 0 unspecified atom stereocenters. The maximum absolute atomic E-state index is 10.3. The number of nitrogens with one attached hydrogen (secondary N) is 1. The van der Waals surface area contributed by atoms with Gasteiger partial charge in [-0.05, 0) is 69.9 Å². The zero-order valence-electron chi connectivity index (χ0n) is 26.0. The number of aliphatic hydroxyl groups is 1. The molecule has 0 atom stereocenters. The van der Waals surface area contributed by atoms with Gasteiger partial charge in [-0.2, -0.15) is 0 Å². The third-order valence-corrected chi connectivity index (χ3v) is 7.78. The summed E-state index contributed by atoms with van der Waals surface area (Å²) in [6, 6.07) is 13.9. The molecule has 2 aromatic rings. The molecule has 2 fully saturated rings. The first-order chi connectivity index (χ1) is 20.6. The van der Waals surface area contributed by atoms with Gasteiger partial charge in [0.15, 0.2) is 5.60 Å². The second-order valence-electron chi connectivity index (χ2n) is 13.0.